The van der Waals surface area contributed by atoms with E-state index in [-0.39, 0.29) is 24.1 Å². The van der Waals surface area contributed by atoms with Gasteiger partial charge in [0.05, 0.1) is 18.6 Å². The molecule has 1 aliphatic rings. The summed E-state index contributed by atoms with van der Waals surface area (Å²) in [5.41, 5.74) is 0.754. The monoisotopic (exact) mass is 299 g/mol. The standard InChI is InChI=1S/C12H17N3O4S/c1-19-11-9(3-2-5-13-11)7-14-12(16)15-10-4-6-20(17,18)8-10/h2-3,5,10H,4,6-8H2,1H3,(H2,14,15,16)/t10-/m0/s1. The van der Waals surface area contributed by atoms with Gasteiger partial charge >= 0.3 is 6.03 Å². The van der Waals surface area contributed by atoms with Gasteiger partial charge in [-0.15, -0.1) is 0 Å². The second-order valence-corrected chi connectivity index (χ2v) is 6.83. The Morgan fingerprint density at radius 1 is 1.55 bits per heavy atom. The first-order chi connectivity index (χ1) is 9.50. The maximum atomic E-state index is 11.7. The first kappa shape index (κ1) is 14.6. The summed E-state index contributed by atoms with van der Waals surface area (Å²) in [4.78, 5) is 15.7. The van der Waals surface area contributed by atoms with Crippen LogP contribution in [0.2, 0.25) is 0 Å². The SMILES string of the molecule is COc1ncccc1CNC(=O)N[C@H]1CCS(=O)(=O)C1. The predicted octanol–water partition coefficient (Wildman–Crippen LogP) is 0.0765. The summed E-state index contributed by atoms with van der Waals surface area (Å²) in [6.07, 6.45) is 2.07. The van der Waals surface area contributed by atoms with Gasteiger partial charge in [0, 0.05) is 24.3 Å². The quantitative estimate of drug-likeness (QED) is 0.820. The fourth-order valence-corrected chi connectivity index (χ4v) is 3.74. The number of nitrogens with zero attached hydrogens (tertiary/aromatic N) is 1. The van der Waals surface area contributed by atoms with Crippen LogP contribution in [0.1, 0.15) is 12.0 Å². The van der Waals surface area contributed by atoms with Crippen LogP contribution in [0.15, 0.2) is 18.3 Å². The molecule has 1 aromatic rings. The summed E-state index contributed by atoms with van der Waals surface area (Å²) in [5, 5.41) is 5.31. The molecule has 7 nitrogen and oxygen atoms in total. The zero-order valence-electron chi connectivity index (χ0n) is 11.1. The molecule has 1 aromatic heterocycles. The van der Waals surface area contributed by atoms with Crippen molar-refractivity contribution in [3.63, 3.8) is 0 Å². The lowest BCUT2D eigenvalue weighted by atomic mass is 10.2. The van der Waals surface area contributed by atoms with Crippen LogP contribution in [0.3, 0.4) is 0 Å². The molecule has 0 saturated carbocycles. The fraction of sp³-hybridized carbons (Fsp3) is 0.500. The van der Waals surface area contributed by atoms with Crippen LogP contribution in [0.4, 0.5) is 4.79 Å². The number of carbonyl (C=O) groups is 1. The third kappa shape index (κ3) is 3.83. The highest BCUT2D eigenvalue weighted by molar-refractivity contribution is 7.91. The van der Waals surface area contributed by atoms with Crippen LogP contribution >= 0.6 is 0 Å². The van der Waals surface area contributed by atoms with Gasteiger partial charge in [-0.2, -0.15) is 0 Å². The van der Waals surface area contributed by atoms with E-state index in [0.29, 0.717) is 12.3 Å². The number of rotatable bonds is 4. The van der Waals surface area contributed by atoms with Crippen LogP contribution in [0, 0.1) is 0 Å². The summed E-state index contributed by atoms with van der Waals surface area (Å²) >= 11 is 0. The fourth-order valence-electron chi connectivity index (χ4n) is 2.06. The third-order valence-corrected chi connectivity index (χ3v) is 4.82. The molecule has 2 rings (SSSR count). The van der Waals surface area contributed by atoms with Gasteiger partial charge < -0.3 is 15.4 Å². The van der Waals surface area contributed by atoms with Crippen molar-refractivity contribution < 1.29 is 17.9 Å². The van der Waals surface area contributed by atoms with E-state index in [0.717, 1.165) is 5.56 Å². The van der Waals surface area contributed by atoms with Crippen LogP contribution in [-0.4, -0.2) is 44.1 Å². The largest absolute Gasteiger partial charge is 0.481 e. The van der Waals surface area contributed by atoms with Gasteiger partial charge in [-0.3, -0.25) is 0 Å². The number of nitrogens with one attached hydrogen (secondary N) is 2. The summed E-state index contributed by atoms with van der Waals surface area (Å²) in [6.45, 7) is 0.266. The summed E-state index contributed by atoms with van der Waals surface area (Å²) in [5.74, 6) is 0.599. The minimum Gasteiger partial charge on any atom is -0.481 e. The summed E-state index contributed by atoms with van der Waals surface area (Å²) in [6, 6.07) is 2.85. The van der Waals surface area contributed by atoms with Crippen molar-refractivity contribution in [2.45, 2.75) is 19.0 Å². The average Bonchev–Trinajstić information content (AvgIpc) is 2.76. The maximum Gasteiger partial charge on any atom is 0.315 e. The summed E-state index contributed by atoms with van der Waals surface area (Å²) in [7, 11) is -1.48. The molecule has 2 amide bonds. The first-order valence-electron chi connectivity index (χ1n) is 6.23. The van der Waals surface area contributed by atoms with Gasteiger partial charge in [-0.05, 0) is 12.5 Å². The third-order valence-electron chi connectivity index (χ3n) is 3.05. The van der Waals surface area contributed by atoms with Crippen molar-refractivity contribution in [1.82, 2.24) is 15.6 Å². The number of amides is 2. The second-order valence-electron chi connectivity index (χ2n) is 4.60. The lowest BCUT2D eigenvalue weighted by molar-refractivity contribution is 0.237. The minimum atomic E-state index is -2.99. The topological polar surface area (TPSA) is 97.4 Å². The molecular weight excluding hydrogens is 282 g/mol. The number of aromatic nitrogens is 1. The second kappa shape index (κ2) is 6.08. The molecule has 8 heteroatoms. The molecule has 0 bridgehead atoms. The molecule has 2 N–H and O–H groups in total. The Morgan fingerprint density at radius 3 is 3.00 bits per heavy atom. The van der Waals surface area contributed by atoms with Crippen molar-refractivity contribution in [2.75, 3.05) is 18.6 Å². The highest BCUT2D eigenvalue weighted by Gasteiger charge is 2.28. The zero-order valence-corrected chi connectivity index (χ0v) is 11.9. The molecule has 110 valence electrons. The van der Waals surface area contributed by atoms with E-state index >= 15 is 0 Å². The number of hydrogen-bond acceptors (Lipinski definition) is 5. The van der Waals surface area contributed by atoms with E-state index in [2.05, 4.69) is 15.6 Å². The molecule has 0 aromatic carbocycles. The van der Waals surface area contributed by atoms with Crippen molar-refractivity contribution in [3.05, 3.63) is 23.9 Å². The smallest absolute Gasteiger partial charge is 0.315 e. The van der Waals surface area contributed by atoms with Crippen molar-refractivity contribution in [1.29, 1.82) is 0 Å². The molecule has 0 radical (unpaired) electrons. The zero-order chi connectivity index (χ0) is 14.6. The highest BCUT2D eigenvalue weighted by atomic mass is 32.2. The molecule has 0 aliphatic carbocycles. The van der Waals surface area contributed by atoms with E-state index in [1.807, 2.05) is 0 Å². The molecule has 0 spiro atoms. The molecule has 1 aliphatic heterocycles. The maximum absolute atomic E-state index is 11.7. The minimum absolute atomic E-state index is 0.0105. The lowest BCUT2D eigenvalue weighted by Gasteiger charge is -2.13. The van der Waals surface area contributed by atoms with Crippen LogP contribution < -0.4 is 15.4 Å². The summed E-state index contributed by atoms with van der Waals surface area (Å²) < 4.78 is 27.7. The van der Waals surface area contributed by atoms with Gasteiger partial charge in [-0.25, -0.2) is 18.2 Å². The normalized spacial score (nSPS) is 20.4. The Bertz CT molecular complexity index is 588. The lowest BCUT2D eigenvalue weighted by Crippen LogP contribution is -2.42. The van der Waals surface area contributed by atoms with Crippen LogP contribution in [0.25, 0.3) is 0 Å². The molecule has 1 fully saturated rings. The van der Waals surface area contributed by atoms with Crippen LogP contribution in [-0.2, 0) is 16.4 Å². The number of pyridine rings is 1. The number of methoxy groups -OCH3 is 1. The molecule has 1 atom stereocenters. The Kier molecular flexibility index (Phi) is 4.43. The van der Waals surface area contributed by atoms with Gasteiger partial charge in [0.1, 0.15) is 0 Å². The van der Waals surface area contributed by atoms with Gasteiger partial charge in [0.25, 0.3) is 0 Å². The Morgan fingerprint density at radius 2 is 2.35 bits per heavy atom. The van der Waals surface area contributed by atoms with Gasteiger partial charge in [0.15, 0.2) is 9.84 Å². The van der Waals surface area contributed by atoms with Crippen molar-refractivity contribution in [2.24, 2.45) is 0 Å². The molecule has 2 heterocycles. The number of urea groups is 1. The number of sulfone groups is 1. The Hall–Kier alpha value is -1.83. The highest BCUT2D eigenvalue weighted by Crippen LogP contribution is 2.13. The number of hydrogen-bond donors (Lipinski definition) is 2. The van der Waals surface area contributed by atoms with E-state index in [1.54, 1.807) is 18.3 Å². The predicted molar refractivity (Wildman–Crippen MR) is 73.2 cm³/mol. The number of ether oxygens (including phenoxy) is 1. The van der Waals surface area contributed by atoms with E-state index in [4.69, 9.17) is 4.74 Å². The van der Waals surface area contributed by atoms with Gasteiger partial charge in [-0.1, -0.05) is 6.07 Å². The van der Waals surface area contributed by atoms with Crippen molar-refractivity contribution in [3.8, 4) is 5.88 Å². The Labute approximate surface area is 117 Å². The molecule has 20 heavy (non-hydrogen) atoms. The first-order valence-corrected chi connectivity index (χ1v) is 8.05. The molecular formula is C12H17N3O4S. The van der Waals surface area contributed by atoms with Crippen molar-refractivity contribution >= 4 is 15.9 Å². The van der Waals surface area contributed by atoms with Gasteiger partial charge in [0.2, 0.25) is 5.88 Å². The van der Waals surface area contributed by atoms with E-state index < -0.39 is 15.9 Å². The van der Waals surface area contributed by atoms with Crippen LogP contribution in [0.5, 0.6) is 5.88 Å². The van der Waals surface area contributed by atoms with E-state index in [1.165, 1.54) is 7.11 Å². The molecule has 1 saturated heterocycles. The van der Waals surface area contributed by atoms with E-state index in [9.17, 15) is 13.2 Å². The molecule has 0 unspecified atom stereocenters. The average molecular weight is 299 g/mol. The number of carbonyl (C=O) groups excluding carboxylic acids is 1. The Balaban J connectivity index is 1.84.